The fourth-order valence-corrected chi connectivity index (χ4v) is 7.40. The average molecular weight is 307 g/mol. The van der Waals surface area contributed by atoms with Crippen molar-refractivity contribution in [3.8, 4) is 0 Å². The summed E-state index contributed by atoms with van der Waals surface area (Å²) in [6.07, 6.45) is 17.1. The van der Waals surface area contributed by atoms with Gasteiger partial charge in [-0.15, -0.1) is 0 Å². The van der Waals surface area contributed by atoms with Gasteiger partial charge in [-0.05, 0) is 39.2 Å². The van der Waals surface area contributed by atoms with Crippen LogP contribution in [0.4, 0.5) is 0 Å². The zero-order chi connectivity index (χ0) is 13.9. The summed E-state index contributed by atoms with van der Waals surface area (Å²) < 4.78 is 0. The molecule has 19 heavy (non-hydrogen) atoms. The third-order valence-corrected chi connectivity index (χ3v) is 8.60. The van der Waals surface area contributed by atoms with Crippen LogP contribution in [0, 0.1) is 0 Å². The number of unbranched alkanes of at least 4 members (excludes halogenated alkanes) is 3. The molecule has 0 atom stereocenters. The lowest BCUT2D eigenvalue weighted by molar-refractivity contribution is -0.00000431. The van der Waals surface area contributed by atoms with Crippen molar-refractivity contribution in [2.75, 3.05) is 24.6 Å². The second kappa shape index (κ2) is 13.4. The standard InChI is InChI=1S/C17H36P.ClH/c1-6-9-13-18(14-10-7-2,15-11-8-3)16-12-17(4)5;/h12H,6-11,13-16H2,1-5H3;1H/q+1;/p-1. The molecule has 0 aromatic carbocycles. The summed E-state index contributed by atoms with van der Waals surface area (Å²) in [7, 11) is -0.676. The monoisotopic (exact) mass is 306 g/mol. The Morgan fingerprint density at radius 3 is 1.42 bits per heavy atom. The van der Waals surface area contributed by atoms with Gasteiger partial charge in [-0.25, -0.2) is 0 Å². The van der Waals surface area contributed by atoms with Crippen molar-refractivity contribution in [2.24, 2.45) is 0 Å². The zero-order valence-electron chi connectivity index (χ0n) is 14.0. The Hall–Kier alpha value is 0.460. The highest BCUT2D eigenvalue weighted by Gasteiger charge is 2.33. The van der Waals surface area contributed by atoms with Crippen LogP contribution in [0.15, 0.2) is 11.6 Å². The van der Waals surface area contributed by atoms with E-state index in [0.29, 0.717) is 0 Å². The van der Waals surface area contributed by atoms with Gasteiger partial charge in [0.2, 0.25) is 0 Å². The Bertz CT molecular complexity index is 198. The summed E-state index contributed by atoms with van der Waals surface area (Å²) in [5, 5.41) is 0. The Kier molecular flexibility index (Phi) is 15.4. The molecule has 0 aliphatic heterocycles. The van der Waals surface area contributed by atoms with Gasteiger partial charge in [-0.3, -0.25) is 0 Å². The highest BCUT2D eigenvalue weighted by molar-refractivity contribution is 7.76. The van der Waals surface area contributed by atoms with Crippen LogP contribution >= 0.6 is 7.26 Å². The molecule has 0 rings (SSSR count). The summed E-state index contributed by atoms with van der Waals surface area (Å²) in [6, 6.07) is 0. The predicted molar refractivity (Wildman–Crippen MR) is 90.5 cm³/mol. The second-order valence-corrected chi connectivity index (χ2v) is 10.4. The maximum atomic E-state index is 2.54. The molecule has 116 valence electrons. The van der Waals surface area contributed by atoms with Crippen molar-refractivity contribution in [2.45, 2.75) is 73.1 Å². The summed E-state index contributed by atoms with van der Waals surface area (Å²) in [4.78, 5) is 0. The van der Waals surface area contributed by atoms with E-state index < -0.39 is 7.26 Å². The number of hydrogen-bond acceptors (Lipinski definition) is 0. The Morgan fingerprint density at radius 2 is 1.16 bits per heavy atom. The van der Waals surface area contributed by atoms with E-state index in [9.17, 15) is 0 Å². The van der Waals surface area contributed by atoms with E-state index in [1.807, 2.05) is 0 Å². The fourth-order valence-electron chi connectivity index (χ4n) is 2.47. The molecule has 0 saturated carbocycles. The lowest BCUT2D eigenvalue weighted by Crippen LogP contribution is -3.00. The van der Waals surface area contributed by atoms with Crippen LogP contribution in [0.2, 0.25) is 0 Å². The zero-order valence-corrected chi connectivity index (χ0v) is 15.6. The lowest BCUT2D eigenvalue weighted by atomic mass is 10.3. The van der Waals surface area contributed by atoms with Gasteiger partial charge >= 0.3 is 0 Å². The molecule has 0 aliphatic carbocycles. The molecule has 0 bridgehead atoms. The van der Waals surface area contributed by atoms with E-state index in [4.69, 9.17) is 0 Å². The number of allylic oxidation sites excluding steroid dienone is 2. The summed E-state index contributed by atoms with van der Waals surface area (Å²) in [6.45, 7) is 11.5. The predicted octanol–water partition coefficient (Wildman–Crippen LogP) is 3.37. The molecule has 0 N–H and O–H groups in total. The SMILES string of the molecule is CCCC[P+](CC=C(C)C)(CCCC)CCCC.[Cl-]. The maximum absolute atomic E-state index is 2.54. The summed E-state index contributed by atoms with van der Waals surface area (Å²) in [5.74, 6) is 0. The van der Waals surface area contributed by atoms with Crippen LogP contribution in [-0.2, 0) is 0 Å². The van der Waals surface area contributed by atoms with Crippen molar-refractivity contribution in [1.82, 2.24) is 0 Å². The molecule has 0 saturated heterocycles. The van der Waals surface area contributed by atoms with Crippen molar-refractivity contribution >= 4 is 7.26 Å². The van der Waals surface area contributed by atoms with Gasteiger partial charge in [-0.1, -0.05) is 45.6 Å². The molecule has 0 nitrogen and oxygen atoms in total. The highest BCUT2D eigenvalue weighted by Crippen LogP contribution is 2.60. The first-order valence-corrected chi connectivity index (χ1v) is 10.6. The van der Waals surface area contributed by atoms with Gasteiger partial charge < -0.3 is 12.4 Å². The van der Waals surface area contributed by atoms with E-state index >= 15 is 0 Å². The number of hydrogen-bond donors (Lipinski definition) is 0. The molecule has 0 radical (unpaired) electrons. The number of rotatable bonds is 11. The van der Waals surface area contributed by atoms with E-state index in [0.717, 1.165) is 0 Å². The van der Waals surface area contributed by atoms with Gasteiger partial charge in [-0.2, -0.15) is 0 Å². The first-order valence-electron chi connectivity index (χ1n) is 8.08. The molecule has 0 aliphatic rings. The average Bonchev–Trinajstić information content (AvgIpc) is 2.37. The van der Waals surface area contributed by atoms with Crippen LogP contribution in [0.1, 0.15) is 73.1 Å². The smallest absolute Gasteiger partial charge is 0.0776 e. The first kappa shape index (κ1) is 21.8. The third-order valence-electron chi connectivity index (χ3n) is 3.84. The van der Waals surface area contributed by atoms with E-state index in [-0.39, 0.29) is 12.4 Å². The lowest BCUT2D eigenvalue weighted by Gasteiger charge is -2.27. The van der Waals surface area contributed by atoms with Gasteiger partial charge in [0.25, 0.3) is 0 Å². The minimum Gasteiger partial charge on any atom is -1.00 e. The normalized spacial score (nSPS) is 11.0. The molecule has 0 aromatic rings. The Morgan fingerprint density at radius 1 is 0.789 bits per heavy atom. The molecular formula is C17H36ClP. The van der Waals surface area contributed by atoms with E-state index in [1.165, 1.54) is 50.3 Å². The van der Waals surface area contributed by atoms with Crippen molar-refractivity contribution < 1.29 is 12.4 Å². The third kappa shape index (κ3) is 10.9. The fraction of sp³-hybridized carbons (Fsp3) is 0.882. The second-order valence-electron chi connectivity index (χ2n) is 6.04. The van der Waals surface area contributed by atoms with Gasteiger partial charge in [0.05, 0.1) is 24.6 Å². The Labute approximate surface area is 129 Å². The van der Waals surface area contributed by atoms with Crippen molar-refractivity contribution in [3.05, 3.63) is 11.6 Å². The molecule has 0 amide bonds. The van der Waals surface area contributed by atoms with Gasteiger partial charge in [0.1, 0.15) is 0 Å². The van der Waals surface area contributed by atoms with Crippen molar-refractivity contribution in [1.29, 1.82) is 0 Å². The first-order chi connectivity index (χ1) is 8.60. The molecule has 0 unspecified atom stereocenters. The van der Waals surface area contributed by atoms with Crippen LogP contribution in [0.5, 0.6) is 0 Å². The minimum atomic E-state index is -0.676. The Balaban J connectivity index is 0. The van der Waals surface area contributed by atoms with Crippen LogP contribution < -0.4 is 12.4 Å². The van der Waals surface area contributed by atoms with E-state index in [1.54, 1.807) is 18.5 Å². The van der Waals surface area contributed by atoms with E-state index in [2.05, 4.69) is 40.7 Å². The molecule has 0 fully saturated rings. The summed E-state index contributed by atoms with van der Waals surface area (Å²) >= 11 is 0. The summed E-state index contributed by atoms with van der Waals surface area (Å²) in [5.41, 5.74) is 1.52. The van der Waals surface area contributed by atoms with Crippen LogP contribution in [0.3, 0.4) is 0 Å². The molecule has 2 heteroatoms. The molecule has 0 aromatic heterocycles. The largest absolute Gasteiger partial charge is 1.00 e. The van der Waals surface area contributed by atoms with Gasteiger partial charge in [0, 0.05) is 7.26 Å². The maximum Gasteiger partial charge on any atom is 0.0776 e. The van der Waals surface area contributed by atoms with Gasteiger partial charge in [0.15, 0.2) is 0 Å². The topological polar surface area (TPSA) is 0 Å². The molecular weight excluding hydrogens is 271 g/mol. The number of halogens is 1. The minimum absolute atomic E-state index is 0. The highest BCUT2D eigenvalue weighted by atomic mass is 35.5. The molecule has 0 heterocycles. The van der Waals surface area contributed by atoms with Crippen LogP contribution in [-0.4, -0.2) is 24.6 Å². The molecule has 0 spiro atoms. The van der Waals surface area contributed by atoms with Crippen molar-refractivity contribution in [3.63, 3.8) is 0 Å². The van der Waals surface area contributed by atoms with Crippen LogP contribution in [0.25, 0.3) is 0 Å². The quantitative estimate of drug-likeness (QED) is 0.405.